The number of nitrogens with zero attached hydrogens (tertiary/aromatic N) is 1. The van der Waals surface area contributed by atoms with Crippen LogP contribution in [0.25, 0.3) is 0 Å². The maximum absolute atomic E-state index is 14.2. The molecule has 168 valence electrons. The quantitative estimate of drug-likeness (QED) is 0.493. The van der Waals surface area contributed by atoms with Crippen LogP contribution in [0.4, 0.5) is 22.4 Å². The first-order valence-corrected chi connectivity index (χ1v) is 9.41. The van der Waals surface area contributed by atoms with Gasteiger partial charge in [0, 0.05) is 12.2 Å². The van der Waals surface area contributed by atoms with Gasteiger partial charge in [-0.3, -0.25) is 9.78 Å². The first-order chi connectivity index (χ1) is 14.4. The van der Waals surface area contributed by atoms with Gasteiger partial charge < -0.3 is 15.4 Å². The zero-order valence-electron chi connectivity index (χ0n) is 16.8. The highest BCUT2D eigenvalue weighted by atomic mass is 35.5. The van der Waals surface area contributed by atoms with Gasteiger partial charge in [-0.05, 0) is 49.7 Å². The molecular weight excluding hydrogens is 442 g/mol. The molecule has 11 heteroatoms. The SMILES string of the molecule is COC(=O)CC(NC(=O)NC(C)C)(c1cc(F)cc(C(F)(F)F)c1)c1ccc(Cl)cn1. The molecule has 0 spiro atoms. The Hall–Kier alpha value is -2.88. The second kappa shape index (κ2) is 9.51. The van der Waals surface area contributed by atoms with Gasteiger partial charge in [-0.25, -0.2) is 9.18 Å². The van der Waals surface area contributed by atoms with Crippen LogP contribution in [-0.2, 0) is 21.2 Å². The number of hydrogen-bond donors (Lipinski definition) is 2. The minimum Gasteiger partial charge on any atom is -0.469 e. The lowest BCUT2D eigenvalue weighted by atomic mass is 9.82. The van der Waals surface area contributed by atoms with Crippen LogP contribution in [0.15, 0.2) is 36.5 Å². The lowest BCUT2D eigenvalue weighted by molar-refractivity contribution is -0.142. The summed E-state index contributed by atoms with van der Waals surface area (Å²) in [4.78, 5) is 28.9. The fraction of sp³-hybridized carbons (Fsp3) is 0.350. The van der Waals surface area contributed by atoms with E-state index in [4.69, 9.17) is 11.6 Å². The largest absolute Gasteiger partial charge is 0.469 e. The summed E-state index contributed by atoms with van der Waals surface area (Å²) < 4.78 is 59.0. The number of halogens is 5. The topological polar surface area (TPSA) is 80.3 Å². The highest BCUT2D eigenvalue weighted by molar-refractivity contribution is 6.30. The number of benzene rings is 1. The average molecular weight is 462 g/mol. The van der Waals surface area contributed by atoms with Gasteiger partial charge in [0.1, 0.15) is 11.4 Å². The summed E-state index contributed by atoms with van der Waals surface area (Å²) in [5, 5.41) is 5.23. The lowest BCUT2D eigenvalue weighted by Crippen LogP contribution is -2.53. The molecule has 1 aromatic carbocycles. The Bertz CT molecular complexity index is 952. The van der Waals surface area contributed by atoms with E-state index in [9.17, 15) is 27.2 Å². The van der Waals surface area contributed by atoms with E-state index in [1.165, 1.54) is 18.3 Å². The van der Waals surface area contributed by atoms with Crippen molar-refractivity contribution in [1.29, 1.82) is 0 Å². The number of carbonyl (C=O) groups excluding carboxylic acids is 2. The number of esters is 1. The molecule has 0 radical (unpaired) electrons. The minimum absolute atomic E-state index is 0.0417. The summed E-state index contributed by atoms with van der Waals surface area (Å²) in [5.74, 6) is -2.08. The van der Waals surface area contributed by atoms with Crippen molar-refractivity contribution in [3.05, 3.63) is 64.2 Å². The zero-order chi connectivity index (χ0) is 23.4. The molecule has 0 aliphatic heterocycles. The van der Waals surface area contributed by atoms with E-state index < -0.39 is 41.5 Å². The molecule has 1 aromatic heterocycles. The van der Waals surface area contributed by atoms with Crippen LogP contribution in [-0.4, -0.2) is 30.1 Å². The van der Waals surface area contributed by atoms with Crippen molar-refractivity contribution in [2.45, 2.75) is 38.0 Å². The highest BCUT2D eigenvalue weighted by Gasteiger charge is 2.42. The van der Waals surface area contributed by atoms with Gasteiger partial charge in [0.2, 0.25) is 0 Å². The molecule has 0 bridgehead atoms. The number of urea groups is 1. The number of rotatable bonds is 6. The molecule has 0 aliphatic carbocycles. The Morgan fingerprint density at radius 3 is 2.32 bits per heavy atom. The number of aromatic nitrogens is 1. The fourth-order valence-corrected chi connectivity index (χ4v) is 3.04. The van der Waals surface area contributed by atoms with Gasteiger partial charge in [0.05, 0.1) is 29.8 Å². The Labute approximate surface area is 180 Å². The number of amides is 2. The first-order valence-electron chi connectivity index (χ1n) is 9.03. The third-order valence-corrected chi connectivity index (χ3v) is 4.49. The van der Waals surface area contributed by atoms with Crippen LogP contribution in [0.3, 0.4) is 0 Å². The first kappa shape index (κ1) is 24.4. The predicted octanol–water partition coefficient (Wildman–Crippen LogP) is 4.41. The standard InChI is InChI=1S/C20H20ClF4N3O3/c1-11(2)27-18(30)28-19(9-17(29)31-3,16-5-4-14(21)10-26-16)12-6-13(20(23,24)25)8-15(22)7-12/h4-8,10-11H,9H2,1-3H3,(H2,27,28,30). The summed E-state index contributed by atoms with van der Waals surface area (Å²) in [6.45, 7) is 3.32. The van der Waals surface area contributed by atoms with Crippen molar-refractivity contribution < 1.29 is 31.9 Å². The van der Waals surface area contributed by atoms with Crippen LogP contribution in [0.2, 0.25) is 5.02 Å². The van der Waals surface area contributed by atoms with Crippen molar-refractivity contribution in [3.63, 3.8) is 0 Å². The fourth-order valence-electron chi connectivity index (χ4n) is 2.93. The van der Waals surface area contributed by atoms with E-state index >= 15 is 0 Å². The van der Waals surface area contributed by atoms with Gasteiger partial charge in [-0.15, -0.1) is 0 Å². The van der Waals surface area contributed by atoms with E-state index in [-0.39, 0.29) is 22.3 Å². The third-order valence-electron chi connectivity index (χ3n) is 4.27. The van der Waals surface area contributed by atoms with Crippen LogP contribution in [0, 0.1) is 5.82 Å². The van der Waals surface area contributed by atoms with E-state index in [1.54, 1.807) is 13.8 Å². The maximum atomic E-state index is 14.2. The van der Waals surface area contributed by atoms with E-state index in [1.807, 2.05) is 0 Å². The second-order valence-electron chi connectivity index (χ2n) is 7.00. The summed E-state index contributed by atoms with van der Waals surface area (Å²) in [5.41, 5.74) is -3.67. The van der Waals surface area contributed by atoms with Crippen LogP contribution >= 0.6 is 11.6 Å². The number of nitrogens with one attached hydrogen (secondary N) is 2. The molecule has 1 atom stereocenters. The number of pyridine rings is 1. The maximum Gasteiger partial charge on any atom is 0.416 e. The van der Waals surface area contributed by atoms with E-state index in [0.29, 0.717) is 12.1 Å². The molecule has 1 unspecified atom stereocenters. The zero-order valence-corrected chi connectivity index (χ0v) is 17.6. The Morgan fingerprint density at radius 1 is 1.16 bits per heavy atom. The summed E-state index contributed by atoms with van der Waals surface area (Å²) in [6.07, 6.45) is -4.35. The summed E-state index contributed by atoms with van der Waals surface area (Å²) in [7, 11) is 1.07. The molecule has 0 saturated carbocycles. The molecule has 0 fully saturated rings. The normalized spacial score (nSPS) is 13.5. The molecule has 2 N–H and O–H groups in total. The molecule has 0 aliphatic rings. The number of hydrogen-bond acceptors (Lipinski definition) is 4. The Balaban J connectivity index is 2.80. The Kier molecular flexibility index (Phi) is 7.48. The average Bonchev–Trinajstić information content (AvgIpc) is 2.66. The predicted molar refractivity (Wildman–Crippen MR) is 105 cm³/mol. The van der Waals surface area contributed by atoms with Crippen LogP contribution < -0.4 is 10.6 Å². The Morgan fingerprint density at radius 2 is 1.81 bits per heavy atom. The van der Waals surface area contributed by atoms with E-state index in [2.05, 4.69) is 20.4 Å². The molecular formula is C20H20ClF4N3O3. The molecule has 6 nitrogen and oxygen atoms in total. The van der Waals surface area contributed by atoms with Gasteiger partial charge in [0.25, 0.3) is 0 Å². The van der Waals surface area contributed by atoms with Gasteiger partial charge in [0.15, 0.2) is 0 Å². The van der Waals surface area contributed by atoms with E-state index in [0.717, 1.165) is 13.2 Å². The smallest absolute Gasteiger partial charge is 0.416 e. The second-order valence-corrected chi connectivity index (χ2v) is 7.44. The molecule has 2 aromatic rings. The number of methoxy groups -OCH3 is 1. The van der Waals surface area contributed by atoms with Crippen LogP contribution in [0.5, 0.6) is 0 Å². The van der Waals surface area contributed by atoms with Crippen LogP contribution in [0.1, 0.15) is 37.1 Å². The monoisotopic (exact) mass is 461 g/mol. The van der Waals surface area contributed by atoms with Crippen molar-refractivity contribution >= 4 is 23.6 Å². The third kappa shape index (κ3) is 6.06. The summed E-state index contributed by atoms with van der Waals surface area (Å²) in [6, 6.07) is 3.31. The van der Waals surface area contributed by atoms with Crippen molar-refractivity contribution in [2.24, 2.45) is 0 Å². The van der Waals surface area contributed by atoms with Gasteiger partial charge in [-0.1, -0.05) is 11.6 Å². The minimum atomic E-state index is -4.87. The van der Waals surface area contributed by atoms with Crippen molar-refractivity contribution in [2.75, 3.05) is 7.11 Å². The number of alkyl halides is 3. The van der Waals surface area contributed by atoms with Gasteiger partial charge >= 0.3 is 18.2 Å². The molecule has 2 amide bonds. The highest BCUT2D eigenvalue weighted by Crippen LogP contribution is 2.37. The number of ether oxygens (including phenoxy) is 1. The molecule has 1 heterocycles. The summed E-state index contributed by atoms with van der Waals surface area (Å²) >= 11 is 5.86. The molecule has 2 rings (SSSR count). The molecule has 0 saturated heterocycles. The van der Waals surface area contributed by atoms with Crippen molar-refractivity contribution in [1.82, 2.24) is 15.6 Å². The van der Waals surface area contributed by atoms with Gasteiger partial charge in [-0.2, -0.15) is 13.2 Å². The lowest BCUT2D eigenvalue weighted by Gasteiger charge is -2.35. The van der Waals surface area contributed by atoms with Crippen molar-refractivity contribution in [3.8, 4) is 0 Å². The molecule has 31 heavy (non-hydrogen) atoms. The number of carbonyl (C=O) groups is 2.